The number of benzene rings is 1. The summed E-state index contributed by atoms with van der Waals surface area (Å²) < 4.78 is 11.2. The molecule has 0 aliphatic heterocycles. The smallest absolute Gasteiger partial charge is 0.119 e. The number of rotatable bonds is 9. The SMILES string of the molecule is CCCNC(CC(C)(C)OC)c1cccc(OCC)c1. The lowest BCUT2D eigenvalue weighted by atomic mass is 9.93. The average Bonchev–Trinajstić information content (AvgIpc) is 2.44. The molecule has 0 amide bonds. The summed E-state index contributed by atoms with van der Waals surface area (Å²) in [7, 11) is 1.77. The summed E-state index contributed by atoms with van der Waals surface area (Å²) in [6.45, 7) is 10.1. The number of hydrogen-bond donors (Lipinski definition) is 1. The van der Waals surface area contributed by atoms with E-state index >= 15 is 0 Å². The van der Waals surface area contributed by atoms with Crippen LogP contribution in [0.25, 0.3) is 0 Å². The predicted molar refractivity (Wildman–Crippen MR) is 84.4 cm³/mol. The van der Waals surface area contributed by atoms with Crippen LogP contribution in [0.2, 0.25) is 0 Å². The molecule has 0 spiro atoms. The van der Waals surface area contributed by atoms with Gasteiger partial charge in [-0.05, 0) is 57.9 Å². The molecule has 0 aliphatic carbocycles. The average molecular weight is 279 g/mol. The number of nitrogens with one attached hydrogen (secondary N) is 1. The molecule has 1 rings (SSSR count). The highest BCUT2D eigenvalue weighted by Gasteiger charge is 2.23. The zero-order valence-electron chi connectivity index (χ0n) is 13.5. The van der Waals surface area contributed by atoms with Crippen LogP contribution in [0.15, 0.2) is 24.3 Å². The van der Waals surface area contributed by atoms with E-state index < -0.39 is 0 Å². The normalized spacial score (nSPS) is 13.2. The third-order valence-corrected chi connectivity index (χ3v) is 3.46. The Morgan fingerprint density at radius 1 is 1.25 bits per heavy atom. The summed E-state index contributed by atoms with van der Waals surface area (Å²) in [6, 6.07) is 8.63. The van der Waals surface area contributed by atoms with Crippen molar-refractivity contribution in [2.75, 3.05) is 20.3 Å². The van der Waals surface area contributed by atoms with Gasteiger partial charge in [-0.15, -0.1) is 0 Å². The number of hydrogen-bond acceptors (Lipinski definition) is 3. The molecule has 114 valence electrons. The molecule has 0 aromatic heterocycles. The molecule has 20 heavy (non-hydrogen) atoms. The second-order valence-corrected chi connectivity index (χ2v) is 5.68. The summed E-state index contributed by atoms with van der Waals surface area (Å²) in [5.74, 6) is 0.934. The van der Waals surface area contributed by atoms with E-state index in [0.717, 1.165) is 25.1 Å². The van der Waals surface area contributed by atoms with Crippen LogP contribution in [0.5, 0.6) is 5.75 Å². The molecule has 1 aromatic rings. The van der Waals surface area contributed by atoms with Crippen molar-refractivity contribution in [2.24, 2.45) is 0 Å². The molecule has 3 nitrogen and oxygen atoms in total. The molecule has 0 fully saturated rings. The summed E-state index contributed by atoms with van der Waals surface area (Å²) in [5, 5.41) is 3.61. The van der Waals surface area contributed by atoms with Crippen molar-refractivity contribution in [1.29, 1.82) is 0 Å². The molecule has 3 heteroatoms. The summed E-state index contributed by atoms with van der Waals surface area (Å²) >= 11 is 0. The first-order valence-electron chi connectivity index (χ1n) is 7.53. The van der Waals surface area contributed by atoms with E-state index in [9.17, 15) is 0 Å². The fourth-order valence-electron chi connectivity index (χ4n) is 2.19. The zero-order valence-corrected chi connectivity index (χ0v) is 13.5. The lowest BCUT2D eigenvalue weighted by Gasteiger charge is -2.29. The summed E-state index contributed by atoms with van der Waals surface area (Å²) in [6.07, 6.45) is 2.05. The van der Waals surface area contributed by atoms with Gasteiger partial charge in [-0.25, -0.2) is 0 Å². The first-order chi connectivity index (χ1) is 9.52. The first-order valence-corrected chi connectivity index (χ1v) is 7.53. The molecule has 0 saturated heterocycles. The van der Waals surface area contributed by atoms with E-state index in [-0.39, 0.29) is 11.6 Å². The monoisotopic (exact) mass is 279 g/mol. The van der Waals surface area contributed by atoms with Crippen LogP contribution in [-0.4, -0.2) is 25.9 Å². The van der Waals surface area contributed by atoms with Crippen LogP contribution in [0, 0.1) is 0 Å². The van der Waals surface area contributed by atoms with Gasteiger partial charge in [-0.3, -0.25) is 0 Å². The van der Waals surface area contributed by atoms with Gasteiger partial charge in [0.05, 0.1) is 12.2 Å². The quantitative estimate of drug-likeness (QED) is 0.742. The fourth-order valence-corrected chi connectivity index (χ4v) is 2.19. The van der Waals surface area contributed by atoms with Gasteiger partial charge >= 0.3 is 0 Å². The Labute approximate surface area is 123 Å². The van der Waals surface area contributed by atoms with Crippen LogP contribution < -0.4 is 10.1 Å². The van der Waals surface area contributed by atoms with Gasteiger partial charge in [0.2, 0.25) is 0 Å². The molecule has 0 heterocycles. The molecule has 1 N–H and O–H groups in total. The highest BCUT2D eigenvalue weighted by molar-refractivity contribution is 5.30. The van der Waals surface area contributed by atoms with Gasteiger partial charge in [-0.2, -0.15) is 0 Å². The number of ether oxygens (including phenoxy) is 2. The molecule has 0 saturated carbocycles. The maximum atomic E-state index is 5.60. The molecule has 0 bridgehead atoms. The Bertz CT molecular complexity index is 390. The number of methoxy groups -OCH3 is 1. The minimum absolute atomic E-state index is 0.146. The Morgan fingerprint density at radius 2 is 2.00 bits per heavy atom. The lowest BCUT2D eigenvalue weighted by Crippen LogP contribution is -2.32. The van der Waals surface area contributed by atoms with Crippen molar-refractivity contribution in [1.82, 2.24) is 5.32 Å². The van der Waals surface area contributed by atoms with E-state index in [1.807, 2.05) is 13.0 Å². The Kier molecular flexibility index (Phi) is 7.03. The van der Waals surface area contributed by atoms with Crippen molar-refractivity contribution in [3.8, 4) is 5.75 Å². The molecule has 0 radical (unpaired) electrons. The van der Waals surface area contributed by atoms with E-state index in [1.165, 1.54) is 5.56 Å². The highest BCUT2D eigenvalue weighted by Crippen LogP contribution is 2.28. The van der Waals surface area contributed by atoms with E-state index in [1.54, 1.807) is 7.11 Å². The molecule has 1 atom stereocenters. The van der Waals surface area contributed by atoms with Crippen molar-refractivity contribution in [3.63, 3.8) is 0 Å². The third-order valence-electron chi connectivity index (χ3n) is 3.46. The maximum absolute atomic E-state index is 5.60. The van der Waals surface area contributed by atoms with Crippen LogP contribution in [0.4, 0.5) is 0 Å². The first kappa shape index (κ1) is 17.0. The summed E-state index contributed by atoms with van der Waals surface area (Å²) in [4.78, 5) is 0. The molecule has 1 aromatic carbocycles. The van der Waals surface area contributed by atoms with Crippen molar-refractivity contribution in [2.45, 2.75) is 52.2 Å². The van der Waals surface area contributed by atoms with Gasteiger partial charge in [0.1, 0.15) is 5.75 Å². The predicted octanol–water partition coefficient (Wildman–Crippen LogP) is 3.94. The van der Waals surface area contributed by atoms with Crippen LogP contribution >= 0.6 is 0 Å². The van der Waals surface area contributed by atoms with Crippen molar-refractivity contribution < 1.29 is 9.47 Å². The molecular weight excluding hydrogens is 250 g/mol. The second-order valence-electron chi connectivity index (χ2n) is 5.68. The van der Waals surface area contributed by atoms with Gasteiger partial charge in [-0.1, -0.05) is 19.1 Å². The molecule has 0 aliphatic rings. The Morgan fingerprint density at radius 3 is 2.60 bits per heavy atom. The summed E-state index contributed by atoms with van der Waals surface area (Å²) in [5.41, 5.74) is 1.11. The van der Waals surface area contributed by atoms with Crippen LogP contribution in [0.1, 0.15) is 52.1 Å². The molecular formula is C17H29NO2. The second kappa shape index (κ2) is 8.28. The van der Waals surface area contributed by atoms with Gasteiger partial charge in [0, 0.05) is 13.2 Å². The van der Waals surface area contributed by atoms with Crippen molar-refractivity contribution in [3.05, 3.63) is 29.8 Å². The molecule has 1 unspecified atom stereocenters. The Hall–Kier alpha value is -1.06. The van der Waals surface area contributed by atoms with Crippen molar-refractivity contribution >= 4 is 0 Å². The van der Waals surface area contributed by atoms with Gasteiger partial charge in [0.25, 0.3) is 0 Å². The minimum Gasteiger partial charge on any atom is -0.494 e. The largest absolute Gasteiger partial charge is 0.494 e. The topological polar surface area (TPSA) is 30.5 Å². The van der Waals surface area contributed by atoms with Gasteiger partial charge < -0.3 is 14.8 Å². The lowest BCUT2D eigenvalue weighted by molar-refractivity contribution is 0.00683. The zero-order chi connectivity index (χ0) is 15.0. The minimum atomic E-state index is -0.146. The standard InChI is InChI=1S/C17H29NO2/c1-6-11-18-16(13-17(3,4)19-5)14-9-8-10-15(12-14)20-7-2/h8-10,12,16,18H,6-7,11,13H2,1-5H3. The van der Waals surface area contributed by atoms with E-state index in [4.69, 9.17) is 9.47 Å². The van der Waals surface area contributed by atoms with Crippen LogP contribution in [-0.2, 0) is 4.74 Å². The Balaban J connectivity index is 2.88. The van der Waals surface area contributed by atoms with E-state index in [2.05, 4.69) is 44.3 Å². The third kappa shape index (κ3) is 5.51. The van der Waals surface area contributed by atoms with Gasteiger partial charge in [0.15, 0.2) is 0 Å². The van der Waals surface area contributed by atoms with Crippen LogP contribution in [0.3, 0.4) is 0 Å². The maximum Gasteiger partial charge on any atom is 0.119 e. The fraction of sp³-hybridized carbons (Fsp3) is 0.647. The van der Waals surface area contributed by atoms with E-state index in [0.29, 0.717) is 6.61 Å². The highest BCUT2D eigenvalue weighted by atomic mass is 16.5.